The van der Waals surface area contributed by atoms with Gasteiger partial charge in [0.05, 0.1) is 12.3 Å². The van der Waals surface area contributed by atoms with E-state index >= 15 is 0 Å². The summed E-state index contributed by atoms with van der Waals surface area (Å²) < 4.78 is 26.0. The van der Waals surface area contributed by atoms with Crippen molar-refractivity contribution in [1.82, 2.24) is 4.98 Å². The third kappa shape index (κ3) is 2.45. The fourth-order valence-electron chi connectivity index (χ4n) is 1.99. The van der Waals surface area contributed by atoms with Gasteiger partial charge in [-0.25, -0.2) is 8.78 Å². The molecule has 94 valence electrons. The van der Waals surface area contributed by atoms with Gasteiger partial charge < -0.3 is 5.11 Å². The van der Waals surface area contributed by atoms with Gasteiger partial charge in [0, 0.05) is 17.8 Å². The van der Waals surface area contributed by atoms with Crippen LogP contribution in [0.1, 0.15) is 17.9 Å². The molecule has 0 aliphatic carbocycles. The smallest absolute Gasteiger partial charge is 0.304 e. The van der Waals surface area contributed by atoms with Crippen molar-refractivity contribution in [2.45, 2.75) is 18.8 Å². The average molecular weight is 251 g/mol. The van der Waals surface area contributed by atoms with E-state index in [1.807, 2.05) is 0 Å². The van der Waals surface area contributed by atoms with Gasteiger partial charge in [-0.1, -0.05) is 18.2 Å². The molecule has 2 rings (SSSR count). The molecule has 0 saturated carbocycles. The van der Waals surface area contributed by atoms with Crippen molar-refractivity contribution in [3.63, 3.8) is 0 Å². The van der Waals surface area contributed by atoms with Crippen LogP contribution in [0, 0.1) is 0 Å². The Bertz CT molecular complexity index is 566. The predicted octanol–water partition coefficient (Wildman–Crippen LogP) is 3.06. The summed E-state index contributed by atoms with van der Waals surface area (Å²) in [6.07, 6.45) is -0.212. The first-order chi connectivity index (χ1) is 8.59. The number of halogens is 2. The van der Waals surface area contributed by atoms with E-state index in [1.165, 1.54) is 6.20 Å². The molecule has 1 atom stereocenters. The molecular weight excluding hydrogens is 240 g/mol. The summed E-state index contributed by atoms with van der Waals surface area (Å²) in [7, 11) is 0. The number of alkyl halides is 2. The number of aromatic nitrogens is 1. The third-order valence-corrected chi connectivity index (χ3v) is 2.81. The number of pyridine rings is 1. The molecule has 3 nitrogen and oxygen atoms in total. The molecule has 0 aliphatic rings. The molecule has 0 amide bonds. The average Bonchev–Trinajstić information content (AvgIpc) is 2.35. The summed E-state index contributed by atoms with van der Waals surface area (Å²) in [5.41, 5.74) is 0.354. The van der Waals surface area contributed by atoms with Gasteiger partial charge in [-0.2, -0.15) is 0 Å². The Kier molecular flexibility index (Phi) is 3.50. The number of carboxylic acids is 1. The molecule has 0 aliphatic heterocycles. The highest BCUT2D eigenvalue weighted by molar-refractivity contribution is 5.86. The number of nitrogens with zero attached hydrogens (tertiary/aromatic N) is 1. The normalized spacial score (nSPS) is 12.8. The lowest BCUT2D eigenvalue weighted by Gasteiger charge is -2.16. The molecule has 5 heteroatoms. The lowest BCUT2D eigenvalue weighted by molar-refractivity contribution is -0.138. The molecule has 0 saturated heterocycles. The first kappa shape index (κ1) is 12.4. The maximum atomic E-state index is 13.0. The quantitative estimate of drug-likeness (QED) is 0.908. The molecular formula is C13H11F2NO2. The van der Waals surface area contributed by atoms with Crippen molar-refractivity contribution in [3.05, 3.63) is 42.2 Å². The van der Waals surface area contributed by atoms with E-state index in [9.17, 15) is 13.6 Å². The molecule has 0 fully saturated rings. The van der Waals surface area contributed by atoms with E-state index < -0.39 is 24.7 Å². The number of hydrogen-bond donors (Lipinski definition) is 1. The van der Waals surface area contributed by atoms with Crippen LogP contribution in [0.2, 0.25) is 0 Å². The van der Waals surface area contributed by atoms with Gasteiger partial charge in [-0.15, -0.1) is 0 Å². The van der Waals surface area contributed by atoms with Gasteiger partial charge in [0.2, 0.25) is 6.43 Å². The fraction of sp³-hybridized carbons (Fsp3) is 0.231. The maximum Gasteiger partial charge on any atom is 0.304 e. The van der Waals surface area contributed by atoms with E-state index in [-0.39, 0.29) is 0 Å². The Labute approximate surface area is 102 Å². The number of benzene rings is 1. The monoisotopic (exact) mass is 251 g/mol. The minimum absolute atomic E-state index is 0.354. The Hall–Kier alpha value is -2.04. The van der Waals surface area contributed by atoms with Gasteiger partial charge in [-0.05, 0) is 17.0 Å². The Balaban J connectivity index is 2.53. The number of aliphatic carboxylic acids is 1. The van der Waals surface area contributed by atoms with Crippen molar-refractivity contribution in [2.75, 3.05) is 0 Å². The summed E-state index contributed by atoms with van der Waals surface area (Å²) in [5, 5.41) is 10.1. The summed E-state index contributed by atoms with van der Waals surface area (Å²) in [5.74, 6) is -2.53. The Morgan fingerprint density at radius 3 is 2.78 bits per heavy atom. The molecule has 1 aromatic carbocycles. The highest BCUT2D eigenvalue weighted by Crippen LogP contribution is 2.32. The predicted molar refractivity (Wildman–Crippen MR) is 62.7 cm³/mol. The minimum atomic E-state index is -2.71. The molecule has 2 aromatic rings. The molecule has 0 spiro atoms. The first-order valence-corrected chi connectivity index (χ1v) is 5.42. The Morgan fingerprint density at radius 2 is 2.11 bits per heavy atom. The van der Waals surface area contributed by atoms with Gasteiger partial charge in [0.15, 0.2) is 0 Å². The number of carboxylic acid groups (broad SMARTS) is 1. The largest absolute Gasteiger partial charge is 0.481 e. The SMILES string of the molecule is O=C(O)CC(c1cccc2cnccc12)C(F)F. The standard InChI is InChI=1S/C13H11F2NO2/c14-13(15)11(6-12(17)18)10-3-1-2-8-7-16-5-4-9(8)10/h1-5,7,11,13H,6H2,(H,17,18). The second-order valence-corrected chi connectivity index (χ2v) is 3.98. The summed E-state index contributed by atoms with van der Waals surface area (Å²) >= 11 is 0. The van der Waals surface area contributed by atoms with Crippen molar-refractivity contribution in [3.8, 4) is 0 Å². The van der Waals surface area contributed by atoms with Gasteiger partial charge >= 0.3 is 5.97 Å². The van der Waals surface area contributed by atoms with Crippen molar-refractivity contribution in [1.29, 1.82) is 0 Å². The lowest BCUT2D eigenvalue weighted by atomic mass is 9.92. The highest BCUT2D eigenvalue weighted by Gasteiger charge is 2.26. The molecule has 1 N–H and O–H groups in total. The van der Waals surface area contributed by atoms with Crippen LogP contribution >= 0.6 is 0 Å². The van der Waals surface area contributed by atoms with E-state index in [0.29, 0.717) is 10.9 Å². The van der Waals surface area contributed by atoms with Crippen LogP contribution in [0.4, 0.5) is 8.78 Å². The second kappa shape index (κ2) is 5.08. The van der Waals surface area contributed by atoms with Crippen LogP contribution in [0.5, 0.6) is 0 Å². The highest BCUT2D eigenvalue weighted by atomic mass is 19.3. The van der Waals surface area contributed by atoms with Gasteiger partial charge in [0.25, 0.3) is 0 Å². The summed E-state index contributed by atoms with van der Waals surface area (Å²) in [4.78, 5) is 14.6. The number of hydrogen-bond acceptors (Lipinski definition) is 2. The van der Waals surface area contributed by atoms with Crippen LogP contribution in [-0.2, 0) is 4.79 Å². The lowest BCUT2D eigenvalue weighted by Crippen LogP contribution is -2.14. The Morgan fingerprint density at radius 1 is 1.33 bits per heavy atom. The van der Waals surface area contributed by atoms with E-state index in [4.69, 9.17) is 5.11 Å². The fourth-order valence-corrected chi connectivity index (χ4v) is 1.99. The molecule has 0 radical (unpaired) electrons. The van der Waals surface area contributed by atoms with Crippen molar-refractivity contribution >= 4 is 16.7 Å². The van der Waals surface area contributed by atoms with E-state index in [2.05, 4.69) is 4.98 Å². The van der Waals surface area contributed by atoms with Crippen LogP contribution in [-0.4, -0.2) is 22.5 Å². The zero-order chi connectivity index (χ0) is 13.1. The second-order valence-electron chi connectivity index (χ2n) is 3.98. The van der Waals surface area contributed by atoms with E-state index in [0.717, 1.165) is 5.39 Å². The number of carbonyl (C=O) groups is 1. The van der Waals surface area contributed by atoms with Crippen LogP contribution in [0.25, 0.3) is 10.8 Å². The topological polar surface area (TPSA) is 50.2 Å². The van der Waals surface area contributed by atoms with Crippen molar-refractivity contribution in [2.24, 2.45) is 0 Å². The zero-order valence-electron chi connectivity index (χ0n) is 9.38. The molecule has 0 bridgehead atoms. The van der Waals surface area contributed by atoms with E-state index in [1.54, 1.807) is 30.5 Å². The maximum absolute atomic E-state index is 13.0. The van der Waals surface area contributed by atoms with Crippen LogP contribution < -0.4 is 0 Å². The molecule has 18 heavy (non-hydrogen) atoms. The summed E-state index contributed by atoms with van der Waals surface area (Å²) in [6.45, 7) is 0. The molecule has 1 heterocycles. The zero-order valence-corrected chi connectivity index (χ0v) is 9.38. The number of rotatable bonds is 4. The van der Waals surface area contributed by atoms with Gasteiger partial charge in [-0.3, -0.25) is 9.78 Å². The van der Waals surface area contributed by atoms with Gasteiger partial charge in [0.1, 0.15) is 0 Å². The van der Waals surface area contributed by atoms with Crippen LogP contribution in [0.3, 0.4) is 0 Å². The first-order valence-electron chi connectivity index (χ1n) is 5.42. The van der Waals surface area contributed by atoms with Crippen LogP contribution in [0.15, 0.2) is 36.7 Å². The minimum Gasteiger partial charge on any atom is -0.481 e. The van der Waals surface area contributed by atoms with Crippen molar-refractivity contribution < 1.29 is 18.7 Å². The molecule has 1 unspecified atom stereocenters. The summed E-state index contributed by atoms with van der Waals surface area (Å²) in [6, 6.07) is 6.57. The molecule has 1 aromatic heterocycles. The number of fused-ring (bicyclic) bond motifs is 1. The third-order valence-electron chi connectivity index (χ3n) is 2.81.